The van der Waals surface area contributed by atoms with Gasteiger partial charge in [0.15, 0.2) is 0 Å². The number of aryl methyl sites for hydroxylation is 1. The number of nitrogens with zero attached hydrogens (tertiary/aromatic N) is 2. The van der Waals surface area contributed by atoms with Crippen LogP contribution >= 0.6 is 15.9 Å². The summed E-state index contributed by atoms with van der Waals surface area (Å²) in [6, 6.07) is 21.3. The lowest BCUT2D eigenvalue weighted by Crippen LogP contribution is -2.45. The summed E-state index contributed by atoms with van der Waals surface area (Å²) in [6.45, 7) is 9.44. The average Bonchev–Trinajstić information content (AvgIpc) is 2.98. The van der Waals surface area contributed by atoms with Gasteiger partial charge < -0.3 is 15.0 Å². The van der Waals surface area contributed by atoms with E-state index in [1.54, 1.807) is 0 Å². The van der Waals surface area contributed by atoms with Crippen molar-refractivity contribution in [2.75, 3.05) is 31.1 Å². The number of piperidine rings is 2. The van der Waals surface area contributed by atoms with Crippen LogP contribution in [0.5, 0.6) is 5.75 Å². The number of pyridine rings is 1. The van der Waals surface area contributed by atoms with Crippen LogP contribution in [0.4, 0.5) is 5.82 Å². The van der Waals surface area contributed by atoms with E-state index in [9.17, 15) is 0 Å². The average molecular weight is 589 g/mol. The van der Waals surface area contributed by atoms with Crippen molar-refractivity contribution in [3.8, 4) is 5.75 Å². The first-order valence-corrected chi connectivity index (χ1v) is 15.5. The Hall–Kier alpha value is -2.63. The van der Waals surface area contributed by atoms with Crippen LogP contribution in [0.2, 0.25) is 0 Å². The highest BCUT2D eigenvalue weighted by atomic mass is 79.9. The zero-order valence-corrected chi connectivity index (χ0v) is 25.1. The van der Waals surface area contributed by atoms with Gasteiger partial charge in [-0.1, -0.05) is 72.6 Å². The van der Waals surface area contributed by atoms with E-state index in [2.05, 4.69) is 101 Å². The third-order valence-electron chi connectivity index (χ3n) is 8.33. The minimum absolute atomic E-state index is 0.562. The maximum Gasteiger partial charge on any atom is 0.128 e. The maximum absolute atomic E-state index is 6.10. The Morgan fingerprint density at radius 3 is 2.36 bits per heavy atom. The van der Waals surface area contributed by atoms with E-state index >= 15 is 0 Å². The fourth-order valence-electron chi connectivity index (χ4n) is 6.07. The van der Waals surface area contributed by atoms with Gasteiger partial charge in [0.25, 0.3) is 0 Å². The number of allylic oxidation sites excluding steroid dienone is 1. The summed E-state index contributed by atoms with van der Waals surface area (Å²) in [5.41, 5.74) is 6.80. The number of halogens is 1. The van der Waals surface area contributed by atoms with Gasteiger partial charge in [0.05, 0.1) is 0 Å². The topological polar surface area (TPSA) is 37.4 Å². The van der Waals surface area contributed by atoms with E-state index in [0.717, 1.165) is 37.5 Å². The lowest BCUT2D eigenvalue weighted by molar-refractivity contribution is 0.154. The first kappa shape index (κ1) is 27.9. The summed E-state index contributed by atoms with van der Waals surface area (Å²) in [6.07, 6.45) is 10.6. The van der Waals surface area contributed by atoms with Crippen LogP contribution in [0.25, 0.3) is 5.57 Å². The number of nitrogens with one attached hydrogen (secondary N) is 1. The molecule has 1 aromatic heterocycles. The molecule has 0 radical (unpaired) electrons. The van der Waals surface area contributed by atoms with Crippen molar-refractivity contribution in [2.24, 2.45) is 5.41 Å². The van der Waals surface area contributed by atoms with Crippen molar-refractivity contribution < 1.29 is 4.74 Å². The molecule has 1 N–H and O–H groups in total. The zero-order chi connectivity index (χ0) is 27.1. The molecule has 39 heavy (non-hydrogen) atoms. The highest BCUT2D eigenvalue weighted by Gasteiger charge is 2.35. The van der Waals surface area contributed by atoms with Gasteiger partial charge in [-0.15, -0.1) is 0 Å². The van der Waals surface area contributed by atoms with Gasteiger partial charge in [-0.3, -0.25) is 0 Å². The molecule has 1 spiro atoms. The molecule has 0 amide bonds. The SMILES string of the molecule is BrC1=C(c2ccc(N3CCC4(CCNCC4)CC3)nc2)c2ccc(OCc3ccccc3)cc2CC1.CCC. The van der Waals surface area contributed by atoms with Crippen LogP contribution < -0.4 is 15.0 Å². The fraction of sp³-hybridized carbons (Fsp3) is 0.441. The van der Waals surface area contributed by atoms with Gasteiger partial charge in [-0.05, 0) is 98.0 Å². The number of rotatable bonds is 5. The molecule has 0 atom stereocenters. The molecular formula is C34H42BrN3O. The number of ether oxygens (including phenoxy) is 1. The van der Waals surface area contributed by atoms with Gasteiger partial charge in [-0.25, -0.2) is 4.98 Å². The lowest BCUT2D eigenvalue weighted by Gasteiger charge is -2.44. The first-order valence-electron chi connectivity index (χ1n) is 14.7. The minimum Gasteiger partial charge on any atom is -0.489 e. The Balaban J connectivity index is 0.000000983. The van der Waals surface area contributed by atoms with Crippen molar-refractivity contribution in [1.82, 2.24) is 10.3 Å². The van der Waals surface area contributed by atoms with Crippen LogP contribution in [0.15, 0.2) is 71.3 Å². The quantitative estimate of drug-likeness (QED) is 0.327. The second-order valence-electron chi connectivity index (χ2n) is 11.2. The van der Waals surface area contributed by atoms with Gasteiger partial charge in [0.2, 0.25) is 0 Å². The van der Waals surface area contributed by atoms with E-state index in [1.807, 2.05) is 6.07 Å². The van der Waals surface area contributed by atoms with Crippen LogP contribution in [0.1, 0.15) is 74.6 Å². The normalized spacial score (nSPS) is 18.3. The highest BCUT2D eigenvalue weighted by molar-refractivity contribution is 9.11. The third kappa shape index (κ3) is 6.75. The summed E-state index contributed by atoms with van der Waals surface area (Å²) in [7, 11) is 0. The number of fused-ring (bicyclic) bond motifs is 1. The molecule has 4 nitrogen and oxygen atoms in total. The number of hydrogen-bond donors (Lipinski definition) is 1. The molecule has 0 saturated carbocycles. The zero-order valence-electron chi connectivity index (χ0n) is 23.5. The number of benzene rings is 2. The van der Waals surface area contributed by atoms with Crippen molar-refractivity contribution in [2.45, 2.75) is 65.4 Å². The first-order chi connectivity index (χ1) is 19.1. The Labute approximate surface area is 243 Å². The Morgan fingerprint density at radius 2 is 1.67 bits per heavy atom. The monoisotopic (exact) mass is 587 g/mol. The standard InChI is InChI=1S/C31H34BrN3O.C3H8/c32-28-10-6-24-20-26(36-22-23-4-2-1-3-5-23)8-9-27(24)30(28)25-7-11-29(34-21-25)35-18-14-31(15-19-35)12-16-33-17-13-31;1-3-2/h1-5,7-9,11,20-21,33H,6,10,12-19,22H2;3H2,1-2H3. The van der Waals surface area contributed by atoms with Crippen LogP contribution in [-0.2, 0) is 13.0 Å². The van der Waals surface area contributed by atoms with Gasteiger partial charge in [0.1, 0.15) is 18.2 Å². The van der Waals surface area contributed by atoms with Gasteiger partial charge in [-0.2, -0.15) is 0 Å². The largest absolute Gasteiger partial charge is 0.489 e. The van der Waals surface area contributed by atoms with E-state index in [0.29, 0.717) is 12.0 Å². The molecule has 2 saturated heterocycles. The van der Waals surface area contributed by atoms with Crippen molar-refractivity contribution in [1.29, 1.82) is 0 Å². The van der Waals surface area contributed by atoms with E-state index in [4.69, 9.17) is 9.72 Å². The molecule has 6 rings (SSSR count). The molecule has 2 aliphatic heterocycles. The molecule has 0 unspecified atom stereocenters. The summed E-state index contributed by atoms with van der Waals surface area (Å²) in [4.78, 5) is 7.41. The molecule has 206 valence electrons. The van der Waals surface area contributed by atoms with Crippen LogP contribution in [-0.4, -0.2) is 31.2 Å². The maximum atomic E-state index is 6.10. The van der Waals surface area contributed by atoms with Crippen molar-refractivity contribution >= 4 is 27.3 Å². The molecule has 3 aromatic rings. The molecule has 5 heteroatoms. The predicted molar refractivity (Wildman–Crippen MR) is 167 cm³/mol. The van der Waals surface area contributed by atoms with Gasteiger partial charge in [0, 0.05) is 34.9 Å². The Morgan fingerprint density at radius 1 is 0.923 bits per heavy atom. The number of hydrogen-bond acceptors (Lipinski definition) is 4. The third-order valence-corrected chi connectivity index (χ3v) is 9.12. The molecule has 1 aliphatic carbocycles. The second-order valence-corrected chi connectivity index (χ2v) is 12.2. The van der Waals surface area contributed by atoms with E-state index in [-0.39, 0.29) is 0 Å². The predicted octanol–water partition coefficient (Wildman–Crippen LogP) is 8.15. The lowest BCUT2D eigenvalue weighted by atomic mass is 9.71. The summed E-state index contributed by atoms with van der Waals surface area (Å²) >= 11 is 3.88. The molecule has 3 aliphatic rings. The van der Waals surface area contributed by atoms with E-state index in [1.165, 1.54) is 77.5 Å². The van der Waals surface area contributed by atoms with Crippen molar-refractivity contribution in [3.63, 3.8) is 0 Å². The molecule has 2 fully saturated rings. The molecule has 0 bridgehead atoms. The summed E-state index contributed by atoms with van der Waals surface area (Å²) in [5, 5.41) is 3.52. The Kier molecular flexibility index (Phi) is 9.41. The highest BCUT2D eigenvalue weighted by Crippen LogP contribution is 2.42. The number of aromatic nitrogens is 1. The fourth-order valence-corrected chi connectivity index (χ4v) is 6.71. The Bertz CT molecular complexity index is 1240. The van der Waals surface area contributed by atoms with Crippen LogP contribution in [0.3, 0.4) is 0 Å². The molecule has 3 heterocycles. The summed E-state index contributed by atoms with van der Waals surface area (Å²) < 4.78 is 7.36. The number of anilines is 1. The van der Waals surface area contributed by atoms with Gasteiger partial charge >= 0.3 is 0 Å². The van der Waals surface area contributed by atoms with Crippen molar-refractivity contribution in [3.05, 3.63) is 93.6 Å². The molecule has 2 aromatic carbocycles. The molecular weight excluding hydrogens is 546 g/mol. The van der Waals surface area contributed by atoms with E-state index < -0.39 is 0 Å². The summed E-state index contributed by atoms with van der Waals surface area (Å²) in [5.74, 6) is 2.04. The minimum atomic E-state index is 0.562. The second kappa shape index (κ2) is 13.1. The van der Waals surface area contributed by atoms with Crippen LogP contribution in [0, 0.1) is 5.41 Å². The smallest absolute Gasteiger partial charge is 0.128 e.